The Morgan fingerprint density at radius 1 is 1.32 bits per heavy atom. The molecule has 0 aromatic carbocycles. The van der Waals surface area contributed by atoms with Crippen molar-refractivity contribution < 1.29 is 9.52 Å². The molecular formula is C13H19N3O2S. The average molecular weight is 281 g/mol. The molecule has 0 radical (unpaired) electrons. The second-order valence-corrected chi connectivity index (χ2v) is 6.35. The SMILES string of the molecule is Cn1c(CO)cnc1SCc1ncc(C(C)(C)C)o1. The van der Waals surface area contributed by atoms with E-state index in [1.807, 2.05) is 11.6 Å². The van der Waals surface area contributed by atoms with Gasteiger partial charge in [0.15, 0.2) is 5.16 Å². The van der Waals surface area contributed by atoms with Crippen molar-refractivity contribution in [1.29, 1.82) is 0 Å². The fraction of sp³-hybridized carbons (Fsp3) is 0.538. The van der Waals surface area contributed by atoms with Gasteiger partial charge in [0.25, 0.3) is 0 Å². The number of aliphatic hydroxyl groups excluding tert-OH is 1. The number of imidazole rings is 1. The molecule has 0 saturated heterocycles. The van der Waals surface area contributed by atoms with Gasteiger partial charge in [0, 0.05) is 12.5 Å². The summed E-state index contributed by atoms with van der Waals surface area (Å²) in [5.41, 5.74) is 0.772. The van der Waals surface area contributed by atoms with Crippen LogP contribution >= 0.6 is 11.8 Å². The van der Waals surface area contributed by atoms with Gasteiger partial charge in [0.05, 0.1) is 30.4 Å². The van der Waals surface area contributed by atoms with Gasteiger partial charge in [0.1, 0.15) is 5.76 Å². The summed E-state index contributed by atoms with van der Waals surface area (Å²) in [6, 6.07) is 0. The zero-order valence-electron chi connectivity index (χ0n) is 11.7. The van der Waals surface area contributed by atoms with Crippen LogP contribution in [0.3, 0.4) is 0 Å². The Morgan fingerprint density at radius 2 is 2.05 bits per heavy atom. The van der Waals surface area contributed by atoms with Gasteiger partial charge < -0.3 is 14.1 Å². The van der Waals surface area contributed by atoms with E-state index in [0.29, 0.717) is 11.6 Å². The number of aromatic nitrogens is 3. The fourth-order valence-corrected chi connectivity index (χ4v) is 2.38. The lowest BCUT2D eigenvalue weighted by Crippen LogP contribution is -2.09. The van der Waals surface area contributed by atoms with E-state index in [1.165, 1.54) is 0 Å². The highest BCUT2D eigenvalue weighted by atomic mass is 32.2. The quantitative estimate of drug-likeness (QED) is 0.872. The molecule has 0 bridgehead atoms. The molecule has 1 N–H and O–H groups in total. The number of nitrogens with zero attached hydrogens (tertiary/aromatic N) is 3. The van der Waals surface area contributed by atoms with E-state index in [2.05, 4.69) is 30.7 Å². The van der Waals surface area contributed by atoms with Crippen molar-refractivity contribution in [3.8, 4) is 0 Å². The molecular weight excluding hydrogens is 262 g/mol. The van der Waals surface area contributed by atoms with Crippen LogP contribution < -0.4 is 0 Å². The Kier molecular flexibility index (Phi) is 4.01. The summed E-state index contributed by atoms with van der Waals surface area (Å²) in [6.07, 6.45) is 3.46. The van der Waals surface area contributed by atoms with Gasteiger partial charge in [-0.05, 0) is 0 Å². The van der Waals surface area contributed by atoms with Crippen molar-refractivity contribution in [2.75, 3.05) is 0 Å². The van der Waals surface area contributed by atoms with Crippen LogP contribution in [0.2, 0.25) is 0 Å². The van der Waals surface area contributed by atoms with Crippen LogP contribution in [-0.2, 0) is 24.8 Å². The van der Waals surface area contributed by atoms with E-state index in [1.54, 1.807) is 24.2 Å². The topological polar surface area (TPSA) is 64.1 Å². The fourth-order valence-electron chi connectivity index (χ4n) is 1.56. The van der Waals surface area contributed by atoms with Crippen molar-refractivity contribution in [3.05, 3.63) is 29.7 Å². The van der Waals surface area contributed by atoms with E-state index in [9.17, 15) is 0 Å². The Bertz CT molecular complexity index is 554. The van der Waals surface area contributed by atoms with Gasteiger partial charge >= 0.3 is 0 Å². The van der Waals surface area contributed by atoms with Gasteiger partial charge in [-0.2, -0.15) is 0 Å². The summed E-state index contributed by atoms with van der Waals surface area (Å²) in [4.78, 5) is 8.53. The lowest BCUT2D eigenvalue weighted by Gasteiger charge is -2.13. The third kappa shape index (κ3) is 3.19. The first-order valence-corrected chi connectivity index (χ1v) is 7.10. The minimum absolute atomic E-state index is 0.00274. The van der Waals surface area contributed by atoms with E-state index in [4.69, 9.17) is 9.52 Å². The molecule has 2 heterocycles. The lowest BCUT2D eigenvalue weighted by atomic mass is 9.94. The number of hydrogen-bond donors (Lipinski definition) is 1. The van der Waals surface area contributed by atoms with E-state index in [0.717, 1.165) is 16.6 Å². The Balaban J connectivity index is 2.02. The second-order valence-electron chi connectivity index (χ2n) is 5.41. The van der Waals surface area contributed by atoms with Crippen LogP contribution in [0.15, 0.2) is 22.0 Å². The summed E-state index contributed by atoms with van der Waals surface area (Å²) < 4.78 is 7.60. The molecule has 6 heteroatoms. The maximum Gasteiger partial charge on any atom is 0.204 e. The summed E-state index contributed by atoms with van der Waals surface area (Å²) in [5, 5.41) is 9.96. The molecule has 2 aromatic rings. The number of thioether (sulfide) groups is 1. The average Bonchev–Trinajstić information content (AvgIpc) is 2.93. The van der Waals surface area contributed by atoms with Crippen LogP contribution in [0.1, 0.15) is 38.1 Å². The first-order chi connectivity index (χ1) is 8.91. The minimum atomic E-state index is -0.0246. The molecule has 0 amide bonds. The summed E-state index contributed by atoms with van der Waals surface area (Å²) in [6.45, 7) is 6.28. The van der Waals surface area contributed by atoms with E-state index in [-0.39, 0.29) is 12.0 Å². The monoisotopic (exact) mass is 281 g/mol. The van der Waals surface area contributed by atoms with Gasteiger partial charge in [0.2, 0.25) is 5.89 Å². The van der Waals surface area contributed by atoms with Gasteiger partial charge in [-0.3, -0.25) is 0 Å². The van der Waals surface area contributed by atoms with Gasteiger partial charge in [-0.25, -0.2) is 9.97 Å². The first kappa shape index (κ1) is 14.1. The maximum atomic E-state index is 9.11. The number of hydrogen-bond acceptors (Lipinski definition) is 5. The van der Waals surface area contributed by atoms with E-state index >= 15 is 0 Å². The molecule has 104 valence electrons. The summed E-state index contributed by atoms with van der Waals surface area (Å²) in [5.74, 6) is 2.22. The van der Waals surface area contributed by atoms with E-state index < -0.39 is 0 Å². The highest BCUT2D eigenvalue weighted by Gasteiger charge is 2.19. The van der Waals surface area contributed by atoms with Crippen molar-refractivity contribution in [1.82, 2.24) is 14.5 Å². The molecule has 0 atom stereocenters. The van der Waals surface area contributed by atoms with Crippen LogP contribution in [0.5, 0.6) is 0 Å². The third-order valence-electron chi connectivity index (χ3n) is 2.82. The molecule has 0 fully saturated rings. The zero-order chi connectivity index (χ0) is 14.0. The first-order valence-electron chi connectivity index (χ1n) is 6.11. The molecule has 5 nitrogen and oxygen atoms in total. The number of rotatable bonds is 4. The Labute approximate surface area is 117 Å². The van der Waals surface area contributed by atoms with Crippen LogP contribution in [0, 0.1) is 0 Å². The Hall–Kier alpha value is -1.27. The molecule has 0 aliphatic carbocycles. The molecule has 2 rings (SSSR count). The van der Waals surface area contributed by atoms with Crippen LogP contribution in [-0.4, -0.2) is 19.6 Å². The predicted molar refractivity (Wildman–Crippen MR) is 73.9 cm³/mol. The molecule has 0 aliphatic heterocycles. The summed E-state index contributed by atoms with van der Waals surface area (Å²) >= 11 is 1.54. The smallest absolute Gasteiger partial charge is 0.204 e. The molecule has 2 aromatic heterocycles. The molecule has 19 heavy (non-hydrogen) atoms. The second kappa shape index (κ2) is 5.38. The highest BCUT2D eigenvalue weighted by Crippen LogP contribution is 2.26. The summed E-state index contributed by atoms with van der Waals surface area (Å²) in [7, 11) is 1.89. The zero-order valence-corrected chi connectivity index (χ0v) is 12.5. The minimum Gasteiger partial charge on any atom is -0.444 e. The van der Waals surface area contributed by atoms with Crippen molar-refractivity contribution in [3.63, 3.8) is 0 Å². The van der Waals surface area contributed by atoms with Crippen LogP contribution in [0.4, 0.5) is 0 Å². The third-order valence-corrected chi connectivity index (χ3v) is 3.85. The van der Waals surface area contributed by atoms with Gasteiger partial charge in [-0.1, -0.05) is 32.5 Å². The van der Waals surface area contributed by atoms with Crippen molar-refractivity contribution in [2.24, 2.45) is 7.05 Å². The molecule has 0 aliphatic rings. The molecule has 0 saturated carbocycles. The number of aliphatic hydroxyl groups is 1. The largest absolute Gasteiger partial charge is 0.444 e. The Morgan fingerprint density at radius 3 is 2.58 bits per heavy atom. The molecule has 0 spiro atoms. The predicted octanol–water partition coefficient (Wildman–Crippen LogP) is 2.49. The highest BCUT2D eigenvalue weighted by molar-refractivity contribution is 7.98. The van der Waals surface area contributed by atoms with Gasteiger partial charge in [-0.15, -0.1) is 0 Å². The van der Waals surface area contributed by atoms with Crippen molar-refractivity contribution >= 4 is 11.8 Å². The van der Waals surface area contributed by atoms with Crippen LogP contribution in [0.25, 0.3) is 0 Å². The lowest BCUT2D eigenvalue weighted by molar-refractivity contribution is 0.271. The standard InChI is InChI=1S/C13H19N3O2S/c1-13(2,3)10-6-14-11(18-10)8-19-12-15-5-9(7-17)16(12)4/h5-6,17H,7-8H2,1-4H3. The van der Waals surface area contributed by atoms with Crippen molar-refractivity contribution in [2.45, 2.75) is 43.7 Å². The number of oxazole rings is 1. The molecule has 0 unspecified atom stereocenters. The maximum absolute atomic E-state index is 9.11. The normalized spacial score (nSPS) is 12.1.